The number of amides is 1. The van der Waals surface area contributed by atoms with Crippen LogP contribution in [0.15, 0.2) is 33.3 Å². The number of rotatable bonds is 2. The lowest BCUT2D eigenvalue weighted by Gasteiger charge is -2.04. The van der Waals surface area contributed by atoms with Crippen molar-refractivity contribution in [1.82, 2.24) is 4.98 Å². The lowest BCUT2D eigenvalue weighted by atomic mass is 10.2. The van der Waals surface area contributed by atoms with Gasteiger partial charge >= 0.3 is 0 Å². The Morgan fingerprint density at radius 2 is 2.18 bits per heavy atom. The summed E-state index contributed by atoms with van der Waals surface area (Å²) in [6, 6.07) is 5.46. The van der Waals surface area contributed by atoms with Gasteiger partial charge in [0.25, 0.3) is 5.91 Å². The number of hydrogen-bond donors (Lipinski definition) is 1. The first-order valence-electron chi connectivity index (χ1n) is 4.75. The molecule has 0 aliphatic carbocycles. The Kier molecular flexibility index (Phi) is 3.96. The van der Waals surface area contributed by atoms with E-state index in [9.17, 15) is 4.79 Å². The molecule has 0 radical (unpaired) electrons. The number of hydrogen-bond acceptors (Lipinski definition) is 3. The van der Waals surface area contributed by atoms with Crippen molar-refractivity contribution in [2.24, 2.45) is 0 Å². The zero-order chi connectivity index (χ0) is 12.4. The molecule has 1 N–H and O–H groups in total. The highest BCUT2D eigenvalue weighted by molar-refractivity contribution is 9.11. The van der Waals surface area contributed by atoms with Crippen molar-refractivity contribution in [3.8, 4) is 0 Å². The Labute approximate surface area is 120 Å². The van der Waals surface area contributed by atoms with Crippen molar-refractivity contribution in [2.45, 2.75) is 6.92 Å². The summed E-state index contributed by atoms with van der Waals surface area (Å²) < 4.78 is 1.62. The van der Waals surface area contributed by atoms with Gasteiger partial charge in [-0.25, -0.2) is 4.98 Å². The summed E-state index contributed by atoms with van der Waals surface area (Å²) in [7, 11) is 0. The molecule has 0 spiro atoms. The second-order valence-electron chi connectivity index (χ2n) is 3.35. The number of thiazole rings is 1. The van der Waals surface area contributed by atoms with E-state index >= 15 is 0 Å². The second-order valence-corrected chi connectivity index (χ2v) is 6.36. The number of benzene rings is 1. The Balaban J connectivity index is 2.22. The van der Waals surface area contributed by atoms with E-state index in [0.29, 0.717) is 10.7 Å². The van der Waals surface area contributed by atoms with Crippen LogP contribution in [0.25, 0.3) is 0 Å². The molecule has 0 aliphatic heterocycles. The summed E-state index contributed by atoms with van der Waals surface area (Å²) >= 11 is 8.14. The van der Waals surface area contributed by atoms with Crippen LogP contribution in [0.3, 0.4) is 0 Å². The summed E-state index contributed by atoms with van der Waals surface area (Å²) in [6.07, 6.45) is 1.73. The van der Waals surface area contributed by atoms with Crippen LogP contribution in [0.2, 0.25) is 0 Å². The molecule has 17 heavy (non-hydrogen) atoms. The van der Waals surface area contributed by atoms with Crippen molar-refractivity contribution in [2.75, 3.05) is 5.32 Å². The zero-order valence-corrected chi connectivity index (χ0v) is 12.8. The van der Waals surface area contributed by atoms with Crippen molar-refractivity contribution >= 4 is 54.2 Å². The van der Waals surface area contributed by atoms with Crippen molar-refractivity contribution in [1.29, 1.82) is 0 Å². The van der Waals surface area contributed by atoms with Gasteiger partial charge in [-0.15, -0.1) is 11.3 Å². The molecule has 0 unspecified atom stereocenters. The Morgan fingerprint density at radius 1 is 1.41 bits per heavy atom. The number of anilines is 1. The van der Waals surface area contributed by atoms with Gasteiger partial charge in [0.15, 0.2) is 5.13 Å². The molecule has 3 nitrogen and oxygen atoms in total. The Bertz CT molecular complexity index is 568. The molecule has 2 rings (SSSR count). The van der Waals surface area contributed by atoms with Gasteiger partial charge in [0.05, 0.1) is 5.56 Å². The van der Waals surface area contributed by atoms with Gasteiger partial charge < -0.3 is 0 Å². The smallest absolute Gasteiger partial charge is 0.258 e. The molecule has 2 aromatic rings. The van der Waals surface area contributed by atoms with Crippen LogP contribution in [-0.4, -0.2) is 10.9 Å². The molecule has 88 valence electrons. The molecule has 0 saturated carbocycles. The number of carbonyl (C=O) groups excluding carboxylic acids is 1. The lowest BCUT2D eigenvalue weighted by molar-refractivity contribution is 0.102. The molecule has 1 aromatic carbocycles. The van der Waals surface area contributed by atoms with Crippen LogP contribution < -0.4 is 5.32 Å². The predicted octanol–water partition coefficient (Wildman–Crippen LogP) is 4.23. The first-order chi connectivity index (χ1) is 8.06. The molecule has 0 fully saturated rings. The van der Waals surface area contributed by atoms with E-state index < -0.39 is 0 Å². The van der Waals surface area contributed by atoms with Gasteiger partial charge in [-0.3, -0.25) is 10.1 Å². The van der Waals surface area contributed by atoms with E-state index in [1.807, 2.05) is 19.1 Å². The molecule has 1 aromatic heterocycles. The highest BCUT2D eigenvalue weighted by Gasteiger charge is 2.12. The summed E-state index contributed by atoms with van der Waals surface area (Å²) in [5.41, 5.74) is 0.576. The number of aromatic nitrogens is 1. The lowest BCUT2D eigenvalue weighted by Crippen LogP contribution is -2.12. The fourth-order valence-electron chi connectivity index (χ4n) is 1.25. The average Bonchev–Trinajstić information content (AvgIpc) is 2.67. The first kappa shape index (κ1) is 12.7. The number of nitrogens with one attached hydrogen (secondary N) is 1. The molecule has 0 atom stereocenters. The van der Waals surface area contributed by atoms with Crippen LogP contribution in [-0.2, 0) is 0 Å². The molecule has 6 heteroatoms. The van der Waals surface area contributed by atoms with E-state index in [4.69, 9.17) is 0 Å². The van der Waals surface area contributed by atoms with Crippen molar-refractivity contribution in [3.63, 3.8) is 0 Å². The van der Waals surface area contributed by atoms with E-state index in [2.05, 4.69) is 42.2 Å². The predicted molar refractivity (Wildman–Crippen MR) is 76.6 cm³/mol. The summed E-state index contributed by atoms with van der Waals surface area (Å²) in [5, 5.41) is 3.38. The highest BCUT2D eigenvalue weighted by atomic mass is 79.9. The van der Waals surface area contributed by atoms with Crippen LogP contribution in [0.5, 0.6) is 0 Å². The number of halogens is 2. The standard InChI is InChI=1S/C11H8Br2N2OS/c1-6-5-14-11(17-6)15-10(16)8-4-7(12)2-3-9(8)13/h2-5H,1H3,(H,14,15,16). The topological polar surface area (TPSA) is 42.0 Å². The van der Waals surface area contributed by atoms with E-state index in [1.54, 1.807) is 12.3 Å². The maximum absolute atomic E-state index is 12.0. The minimum absolute atomic E-state index is 0.174. The van der Waals surface area contributed by atoms with Crippen LogP contribution in [0.4, 0.5) is 5.13 Å². The molecule has 0 saturated heterocycles. The molecule has 0 bridgehead atoms. The van der Waals surface area contributed by atoms with Gasteiger partial charge in [0, 0.05) is 20.0 Å². The Morgan fingerprint density at radius 3 is 2.82 bits per heavy atom. The van der Waals surface area contributed by atoms with Crippen molar-refractivity contribution < 1.29 is 4.79 Å². The zero-order valence-electron chi connectivity index (χ0n) is 8.83. The average molecular weight is 376 g/mol. The van der Waals surface area contributed by atoms with Gasteiger partial charge in [-0.05, 0) is 41.1 Å². The summed E-state index contributed by atoms with van der Waals surface area (Å²) in [4.78, 5) is 17.2. The quantitative estimate of drug-likeness (QED) is 0.853. The number of nitrogens with zero attached hydrogens (tertiary/aromatic N) is 1. The largest absolute Gasteiger partial charge is 0.298 e. The molecular weight excluding hydrogens is 368 g/mol. The van der Waals surface area contributed by atoms with Crippen molar-refractivity contribution in [3.05, 3.63) is 43.8 Å². The third-order valence-electron chi connectivity index (χ3n) is 2.01. The minimum Gasteiger partial charge on any atom is -0.298 e. The molecule has 1 heterocycles. The van der Waals surface area contributed by atoms with E-state index in [-0.39, 0.29) is 5.91 Å². The summed E-state index contributed by atoms with van der Waals surface area (Å²) in [6.45, 7) is 1.95. The minimum atomic E-state index is -0.174. The fourth-order valence-corrected chi connectivity index (χ4v) is 2.70. The second kappa shape index (κ2) is 5.29. The SMILES string of the molecule is Cc1cnc(NC(=O)c2cc(Br)ccc2Br)s1. The Hall–Kier alpha value is -0.720. The monoisotopic (exact) mass is 374 g/mol. The summed E-state index contributed by atoms with van der Waals surface area (Å²) in [5.74, 6) is -0.174. The van der Waals surface area contributed by atoms with Crippen LogP contribution in [0.1, 0.15) is 15.2 Å². The van der Waals surface area contributed by atoms with Crippen LogP contribution in [0, 0.1) is 6.92 Å². The van der Waals surface area contributed by atoms with Gasteiger partial charge in [0.2, 0.25) is 0 Å². The third-order valence-corrected chi connectivity index (χ3v) is 4.03. The van der Waals surface area contributed by atoms with Gasteiger partial charge in [0.1, 0.15) is 0 Å². The van der Waals surface area contributed by atoms with E-state index in [1.165, 1.54) is 11.3 Å². The molecule has 1 amide bonds. The number of carbonyl (C=O) groups is 1. The fraction of sp³-hybridized carbons (Fsp3) is 0.0909. The molecule has 0 aliphatic rings. The van der Waals surface area contributed by atoms with Gasteiger partial charge in [-0.2, -0.15) is 0 Å². The highest BCUT2D eigenvalue weighted by Crippen LogP contribution is 2.23. The molecular formula is C11H8Br2N2OS. The van der Waals surface area contributed by atoms with Gasteiger partial charge in [-0.1, -0.05) is 15.9 Å². The first-order valence-corrected chi connectivity index (χ1v) is 7.15. The van der Waals surface area contributed by atoms with Crippen LogP contribution >= 0.6 is 43.2 Å². The maximum Gasteiger partial charge on any atom is 0.258 e. The number of aryl methyl sites for hydroxylation is 1. The van der Waals surface area contributed by atoms with E-state index in [0.717, 1.165) is 13.8 Å². The normalized spacial score (nSPS) is 10.3. The third kappa shape index (κ3) is 3.14. The maximum atomic E-state index is 12.0.